The van der Waals surface area contributed by atoms with Crippen molar-refractivity contribution >= 4 is 23.4 Å². The van der Waals surface area contributed by atoms with Gasteiger partial charge < -0.3 is 5.11 Å². The van der Waals surface area contributed by atoms with Crippen molar-refractivity contribution in [1.82, 2.24) is 9.88 Å². The number of carbonyl (C=O) groups is 1. The van der Waals surface area contributed by atoms with Crippen LogP contribution in [-0.4, -0.2) is 28.0 Å². The summed E-state index contributed by atoms with van der Waals surface area (Å²) in [5, 5.41) is 10.6. The summed E-state index contributed by atoms with van der Waals surface area (Å²) in [5.74, 6) is -0.926. The molecule has 5 heteroatoms. The third kappa shape index (κ3) is 4.60. The van der Waals surface area contributed by atoms with Crippen LogP contribution in [0.15, 0.2) is 41.9 Å². The SMILES string of the molecule is CN(Cc1ccccn1)Cc1cc(C=CC(=O)O)cs1. The van der Waals surface area contributed by atoms with E-state index in [1.165, 1.54) is 4.88 Å². The smallest absolute Gasteiger partial charge is 0.328 e. The van der Waals surface area contributed by atoms with Gasteiger partial charge in [-0.25, -0.2) is 4.79 Å². The van der Waals surface area contributed by atoms with Crippen LogP contribution in [0.1, 0.15) is 16.1 Å². The summed E-state index contributed by atoms with van der Waals surface area (Å²) < 4.78 is 0. The number of aromatic nitrogens is 1. The first-order chi connectivity index (χ1) is 9.63. The van der Waals surface area contributed by atoms with Crippen molar-refractivity contribution < 1.29 is 9.90 Å². The van der Waals surface area contributed by atoms with Crippen molar-refractivity contribution in [3.8, 4) is 0 Å². The van der Waals surface area contributed by atoms with E-state index < -0.39 is 5.97 Å². The van der Waals surface area contributed by atoms with E-state index in [4.69, 9.17) is 5.11 Å². The number of hydrogen-bond acceptors (Lipinski definition) is 4. The Morgan fingerprint density at radius 1 is 1.45 bits per heavy atom. The van der Waals surface area contributed by atoms with Crippen LogP contribution < -0.4 is 0 Å². The standard InChI is InChI=1S/C15H16N2O2S/c1-17(9-13-4-2-3-7-16-13)10-14-8-12(11-20-14)5-6-15(18)19/h2-8,11H,9-10H2,1H3,(H,18,19). The number of carboxylic acids is 1. The number of aliphatic carboxylic acids is 1. The third-order valence-electron chi connectivity index (χ3n) is 2.68. The highest BCUT2D eigenvalue weighted by atomic mass is 32.1. The minimum Gasteiger partial charge on any atom is -0.478 e. The van der Waals surface area contributed by atoms with Gasteiger partial charge in [0, 0.05) is 30.2 Å². The number of pyridine rings is 1. The van der Waals surface area contributed by atoms with Crippen molar-refractivity contribution in [2.24, 2.45) is 0 Å². The van der Waals surface area contributed by atoms with Crippen LogP contribution in [-0.2, 0) is 17.9 Å². The summed E-state index contributed by atoms with van der Waals surface area (Å²) in [4.78, 5) is 18.1. The first kappa shape index (κ1) is 14.4. The Morgan fingerprint density at radius 2 is 2.30 bits per heavy atom. The molecule has 1 N–H and O–H groups in total. The van der Waals surface area contributed by atoms with Crippen LogP contribution in [0.3, 0.4) is 0 Å². The Hall–Kier alpha value is -1.98. The topological polar surface area (TPSA) is 53.4 Å². The van der Waals surface area contributed by atoms with E-state index in [9.17, 15) is 4.79 Å². The number of hydrogen-bond donors (Lipinski definition) is 1. The Morgan fingerprint density at radius 3 is 3.00 bits per heavy atom. The van der Waals surface area contributed by atoms with E-state index in [0.29, 0.717) is 0 Å². The van der Waals surface area contributed by atoms with Crippen molar-refractivity contribution in [3.05, 3.63) is 58.1 Å². The summed E-state index contributed by atoms with van der Waals surface area (Å²) in [6.45, 7) is 1.61. The van der Waals surface area contributed by atoms with Crippen molar-refractivity contribution in [2.75, 3.05) is 7.05 Å². The molecule has 2 rings (SSSR count). The molecular weight excluding hydrogens is 272 g/mol. The summed E-state index contributed by atoms with van der Waals surface area (Å²) >= 11 is 1.63. The van der Waals surface area contributed by atoms with Gasteiger partial charge in [0.15, 0.2) is 0 Å². The van der Waals surface area contributed by atoms with Gasteiger partial charge in [0.25, 0.3) is 0 Å². The summed E-state index contributed by atoms with van der Waals surface area (Å²) in [7, 11) is 2.04. The zero-order valence-corrected chi connectivity index (χ0v) is 12.0. The predicted octanol–water partition coefficient (Wildman–Crippen LogP) is 2.87. The summed E-state index contributed by atoms with van der Waals surface area (Å²) in [6.07, 6.45) is 4.56. The molecule has 0 unspecified atom stereocenters. The molecule has 0 aliphatic rings. The molecule has 0 aliphatic heterocycles. The molecule has 2 aromatic rings. The highest BCUT2D eigenvalue weighted by molar-refractivity contribution is 7.10. The molecule has 104 valence electrons. The van der Waals surface area contributed by atoms with Gasteiger partial charge in [-0.3, -0.25) is 9.88 Å². The second-order valence-electron chi connectivity index (χ2n) is 4.51. The number of nitrogens with zero attached hydrogens (tertiary/aromatic N) is 2. The van der Waals surface area contributed by atoms with Gasteiger partial charge in [-0.2, -0.15) is 0 Å². The first-order valence-electron chi connectivity index (χ1n) is 6.20. The quantitative estimate of drug-likeness (QED) is 0.830. The molecule has 0 aliphatic carbocycles. The molecule has 0 fully saturated rings. The summed E-state index contributed by atoms with van der Waals surface area (Å²) in [5.41, 5.74) is 1.97. The maximum absolute atomic E-state index is 10.5. The predicted molar refractivity (Wildman–Crippen MR) is 80.4 cm³/mol. The maximum atomic E-state index is 10.5. The lowest BCUT2D eigenvalue weighted by atomic mass is 10.2. The van der Waals surface area contributed by atoms with Gasteiger partial charge in [-0.05, 0) is 42.3 Å². The van der Waals surface area contributed by atoms with Crippen LogP contribution in [0.4, 0.5) is 0 Å². The van der Waals surface area contributed by atoms with Gasteiger partial charge >= 0.3 is 5.97 Å². The van der Waals surface area contributed by atoms with Crippen molar-refractivity contribution in [3.63, 3.8) is 0 Å². The average Bonchev–Trinajstić information content (AvgIpc) is 2.85. The minimum atomic E-state index is -0.926. The molecule has 0 atom stereocenters. The molecule has 0 aromatic carbocycles. The lowest BCUT2D eigenvalue weighted by Crippen LogP contribution is -2.17. The lowest BCUT2D eigenvalue weighted by Gasteiger charge is -2.14. The highest BCUT2D eigenvalue weighted by Crippen LogP contribution is 2.18. The molecule has 0 bridgehead atoms. The normalized spacial score (nSPS) is 11.3. The van der Waals surface area contributed by atoms with Gasteiger partial charge in [0.2, 0.25) is 0 Å². The van der Waals surface area contributed by atoms with Gasteiger partial charge in [-0.15, -0.1) is 11.3 Å². The molecule has 2 heterocycles. The molecule has 0 spiro atoms. The number of thiophene rings is 1. The second kappa shape index (κ2) is 6.98. The largest absolute Gasteiger partial charge is 0.478 e. The first-order valence-corrected chi connectivity index (χ1v) is 7.08. The number of rotatable bonds is 6. The monoisotopic (exact) mass is 288 g/mol. The zero-order valence-electron chi connectivity index (χ0n) is 11.2. The van der Waals surface area contributed by atoms with Crippen molar-refractivity contribution in [1.29, 1.82) is 0 Å². The Balaban J connectivity index is 1.91. The Bertz CT molecular complexity index is 593. The molecular formula is C15H16N2O2S. The van der Waals surface area contributed by atoms with Gasteiger partial charge in [0.05, 0.1) is 5.69 Å². The second-order valence-corrected chi connectivity index (χ2v) is 5.51. The van der Waals surface area contributed by atoms with Gasteiger partial charge in [-0.1, -0.05) is 6.07 Å². The van der Waals surface area contributed by atoms with Crippen LogP contribution in [0.25, 0.3) is 6.08 Å². The average molecular weight is 288 g/mol. The van der Waals surface area contributed by atoms with Crippen LogP contribution in [0.5, 0.6) is 0 Å². The van der Waals surface area contributed by atoms with E-state index in [0.717, 1.165) is 30.4 Å². The molecule has 0 saturated heterocycles. The van der Waals surface area contributed by atoms with Gasteiger partial charge in [0.1, 0.15) is 0 Å². The fraction of sp³-hybridized carbons (Fsp3) is 0.200. The zero-order chi connectivity index (χ0) is 14.4. The molecule has 0 saturated carbocycles. The van der Waals surface area contributed by atoms with E-state index in [1.54, 1.807) is 23.6 Å². The lowest BCUT2D eigenvalue weighted by molar-refractivity contribution is -0.131. The fourth-order valence-corrected chi connectivity index (χ4v) is 2.76. The van der Waals surface area contributed by atoms with E-state index in [1.807, 2.05) is 36.7 Å². The van der Waals surface area contributed by atoms with Crippen LogP contribution in [0.2, 0.25) is 0 Å². The van der Waals surface area contributed by atoms with E-state index in [-0.39, 0.29) is 0 Å². The molecule has 20 heavy (non-hydrogen) atoms. The highest BCUT2D eigenvalue weighted by Gasteiger charge is 2.04. The summed E-state index contributed by atoms with van der Waals surface area (Å²) in [6, 6.07) is 7.91. The van der Waals surface area contributed by atoms with E-state index in [2.05, 4.69) is 9.88 Å². The van der Waals surface area contributed by atoms with Crippen molar-refractivity contribution in [2.45, 2.75) is 13.1 Å². The Labute approximate surface area is 122 Å². The Kier molecular flexibility index (Phi) is 5.03. The fourth-order valence-electron chi connectivity index (χ4n) is 1.83. The molecule has 4 nitrogen and oxygen atoms in total. The molecule has 0 radical (unpaired) electrons. The van der Waals surface area contributed by atoms with E-state index >= 15 is 0 Å². The molecule has 0 amide bonds. The number of carboxylic acid groups (broad SMARTS) is 1. The third-order valence-corrected chi connectivity index (χ3v) is 3.62. The van der Waals surface area contributed by atoms with Crippen LogP contribution in [0, 0.1) is 0 Å². The molecule has 2 aromatic heterocycles. The maximum Gasteiger partial charge on any atom is 0.328 e. The van der Waals surface area contributed by atoms with Crippen LogP contribution >= 0.6 is 11.3 Å². The minimum absolute atomic E-state index is 0.791.